The number of halogens is 1. The minimum Gasteiger partial charge on any atom is -0.330 e. The fraction of sp³-hybridized carbons (Fsp3) is 0.455. The average molecular weight is 196 g/mol. The van der Waals surface area contributed by atoms with Crippen molar-refractivity contribution in [2.45, 2.75) is 24.7 Å². The highest BCUT2D eigenvalue weighted by Crippen LogP contribution is 2.43. The summed E-state index contributed by atoms with van der Waals surface area (Å²) in [4.78, 5) is 0. The van der Waals surface area contributed by atoms with Crippen LogP contribution in [0.4, 0.5) is 0 Å². The summed E-state index contributed by atoms with van der Waals surface area (Å²) < 4.78 is 0. The molecule has 0 heterocycles. The summed E-state index contributed by atoms with van der Waals surface area (Å²) in [5.41, 5.74) is 7.36. The van der Waals surface area contributed by atoms with Crippen LogP contribution in [-0.2, 0) is 5.41 Å². The van der Waals surface area contributed by atoms with Crippen molar-refractivity contribution in [1.29, 1.82) is 0 Å². The second-order valence-corrected chi connectivity index (χ2v) is 4.28. The number of hydrogen-bond donors (Lipinski definition) is 1. The van der Waals surface area contributed by atoms with Gasteiger partial charge in [0.25, 0.3) is 0 Å². The molecule has 0 amide bonds. The topological polar surface area (TPSA) is 26.0 Å². The summed E-state index contributed by atoms with van der Waals surface area (Å²) in [6, 6.07) is 8.10. The summed E-state index contributed by atoms with van der Waals surface area (Å²) in [5, 5.41) is 0.817. The van der Waals surface area contributed by atoms with Crippen LogP contribution in [0.2, 0.25) is 5.02 Å². The van der Waals surface area contributed by atoms with Crippen molar-refractivity contribution >= 4 is 11.6 Å². The van der Waals surface area contributed by atoms with Crippen molar-refractivity contribution < 1.29 is 0 Å². The standard InChI is InChI=1S/C11H14ClN/c12-10-4-1-3-9(7-10)11(8-13)5-2-6-11/h1,3-4,7H,2,5-6,8,13H2. The van der Waals surface area contributed by atoms with Crippen LogP contribution in [-0.4, -0.2) is 6.54 Å². The lowest BCUT2D eigenvalue weighted by molar-refractivity contribution is 0.253. The first-order valence-corrected chi connectivity index (χ1v) is 5.11. The molecule has 0 atom stereocenters. The van der Waals surface area contributed by atoms with Gasteiger partial charge in [0.15, 0.2) is 0 Å². The highest BCUT2D eigenvalue weighted by Gasteiger charge is 2.37. The Hall–Kier alpha value is -0.530. The predicted molar refractivity (Wildman–Crippen MR) is 56.0 cm³/mol. The molecule has 1 aliphatic carbocycles. The molecule has 2 heteroatoms. The predicted octanol–water partition coefficient (Wildman–Crippen LogP) is 2.72. The van der Waals surface area contributed by atoms with E-state index in [0.717, 1.165) is 11.6 Å². The molecule has 2 rings (SSSR count). The second-order valence-electron chi connectivity index (χ2n) is 3.85. The van der Waals surface area contributed by atoms with Crippen LogP contribution >= 0.6 is 11.6 Å². The van der Waals surface area contributed by atoms with Gasteiger partial charge in [0.1, 0.15) is 0 Å². The molecule has 0 radical (unpaired) electrons. The minimum atomic E-state index is 0.241. The Bertz CT molecular complexity index is 299. The molecule has 13 heavy (non-hydrogen) atoms. The molecule has 0 aliphatic heterocycles. The Morgan fingerprint density at radius 2 is 2.15 bits per heavy atom. The van der Waals surface area contributed by atoms with Crippen LogP contribution in [0.25, 0.3) is 0 Å². The monoisotopic (exact) mass is 195 g/mol. The lowest BCUT2D eigenvalue weighted by atomic mass is 9.64. The molecule has 1 nitrogen and oxygen atoms in total. The van der Waals surface area contributed by atoms with Gasteiger partial charge in [-0.3, -0.25) is 0 Å². The molecule has 1 aromatic carbocycles. The summed E-state index contributed by atoms with van der Waals surface area (Å²) in [5.74, 6) is 0. The van der Waals surface area contributed by atoms with E-state index in [1.807, 2.05) is 18.2 Å². The molecule has 0 spiro atoms. The first-order valence-electron chi connectivity index (χ1n) is 4.73. The second kappa shape index (κ2) is 3.32. The largest absolute Gasteiger partial charge is 0.330 e. The van der Waals surface area contributed by atoms with E-state index in [4.69, 9.17) is 17.3 Å². The van der Waals surface area contributed by atoms with E-state index in [1.165, 1.54) is 24.8 Å². The lowest BCUT2D eigenvalue weighted by Crippen LogP contribution is -2.41. The Morgan fingerprint density at radius 1 is 1.38 bits per heavy atom. The quantitative estimate of drug-likeness (QED) is 0.772. The number of hydrogen-bond acceptors (Lipinski definition) is 1. The molecule has 2 N–H and O–H groups in total. The van der Waals surface area contributed by atoms with Gasteiger partial charge in [-0.1, -0.05) is 30.2 Å². The molecular formula is C11H14ClN. The van der Waals surface area contributed by atoms with Gasteiger partial charge in [0.2, 0.25) is 0 Å². The number of nitrogens with two attached hydrogens (primary N) is 1. The summed E-state index contributed by atoms with van der Waals surface area (Å²) in [7, 11) is 0. The maximum atomic E-state index is 5.95. The van der Waals surface area contributed by atoms with Gasteiger partial charge in [0, 0.05) is 17.0 Å². The van der Waals surface area contributed by atoms with Crippen molar-refractivity contribution in [3.8, 4) is 0 Å². The van der Waals surface area contributed by atoms with Crippen molar-refractivity contribution in [1.82, 2.24) is 0 Å². The van der Waals surface area contributed by atoms with Gasteiger partial charge in [-0.05, 0) is 30.5 Å². The Morgan fingerprint density at radius 3 is 2.62 bits per heavy atom. The van der Waals surface area contributed by atoms with Crippen molar-refractivity contribution in [2.75, 3.05) is 6.54 Å². The van der Waals surface area contributed by atoms with Crippen molar-refractivity contribution in [3.63, 3.8) is 0 Å². The summed E-state index contributed by atoms with van der Waals surface area (Å²) in [6.45, 7) is 0.743. The van der Waals surface area contributed by atoms with E-state index >= 15 is 0 Å². The first kappa shape index (κ1) is 9.04. The van der Waals surface area contributed by atoms with Gasteiger partial charge < -0.3 is 5.73 Å². The minimum absolute atomic E-state index is 0.241. The van der Waals surface area contributed by atoms with Gasteiger partial charge >= 0.3 is 0 Å². The molecular weight excluding hydrogens is 182 g/mol. The third-order valence-electron chi connectivity index (χ3n) is 3.14. The SMILES string of the molecule is NCC1(c2cccc(Cl)c2)CCC1. The highest BCUT2D eigenvalue weighted by atomic mass is 35.5. The van der Waals surface area contributed by atoms with Gasteiger partial charge in [-0.15, -0.1) is 0 Å². The van der Waals surface area contributed by atoms with E-state index < -0.39 is 0 Å². The molecule has 70 valence electrons. The third-order valence-corrected chi connectivity index (χ3v) is 3.37. The number of benzene rings is 1. The fourth-order valence-electron chi connectivity index (χ4n) is 2.03. The number of rotatable bonds is 2. The summed E-state index contributed by atoms with van der Waals surface area (Å²) >= 11 is 5.95. The molecule has 0 bridgehead atoms. The van der Waals surface area contributed by atoms with E-state index in [2.05, 4.69) is 6.07 Å². The summed E-state index contributed by atoms with van der Waals surface area (Å²) in [6.07, 6.45) is 3.72. The van der Waals surface area contributed by atoms with Crippen LogP contribution < -0.4 is 5.73 Å². The van der Waals surface area contributed by atoms with Crippen LogP contribution in [0.5, 0.6) is 0 Å². The normalized spacial score (nSPS) is 19.5. The van der Waals surface area contributed by atoms with Gasteiger partial charge in [-0.2, -0.15) is 0 Å². The van der Waals surface area contributed by atoms with E-state index in [1.54, 1.807) is 0 Å². The zero-order valence-electron chi connectivity index (χ0n) is 7.59. The maximum absolute atomic E-state index is 5.95. The Kier molecular flexibility index (Phi) is 2.31. The lowest BCUT2D eigenvalue weighted by Gasteiger charge is -2.41. The Balaban J connectivity index is 2.33. The van der Waals surface area contributed by atoms with Crippen LogP contribution in [0, 0.1) is 0 Å². The zero-order valence-corrected chi connectivity index (χ0v) is 8.35. The average Bonchev–Trinajstić information content (AvgIpc) is 2.03. The van der Waals surface area contributed by atoms with Crippen molar-refractivity contribution in [3.05, 3.63) is 34.9 Å². The third kappa shape index (κ3) is 1.47. The fourth-order valence-corrected chi connectivity index (χ4v) is 2.22. The molecule has 1 aromatic rings. The smallest absolute Gasteiger partial charge is 0.0408 e. The van der Waals surface area contributed by atoms with Crippen molar-refractivity contribution in [2.24, 2.45) is 5.73 Å². The van der Waals surface area contributed by atoms with E-state index in [0.29, 0.717) is 0 Å². The Labute approximate surface area is 83.9 Å². The van der Waals surface area contributed by atoms with Gasteiger partial charge in [0.05, 0.1) is 0 Å². The maximum Gasteiger partial charge on any atom is 0.0408 e. The molecule has 0 unspecified atom stereocenters. The molecule has 1 fully saturated rings. The van der Waals surface area contributed by atoms with Crippen LogP contribution in [0.3, 0.4) is 0 Å². The molecule has 0 aromatic heterocycles. The first-order chi connectivity index (χ1) is 6.27. The van der Waals surface area contributed by atoms with E-state index in [9.17, 15) is 0 Å². The molecule has 0 saturated heterocycles. The van der Waals surface area contributed by atoms with Crippen LogP contribution in [0.1, 0.15) is 24.8 Å². The van der Waals surface area contributed by atoms with Crippen LogP contribution in [0.15, 0.2) is 24.3 Å². The van der Waals surface area contributed by atoms with E-state index in [-0.39, 0.29) is 5.41 Å². The molecule has 1 aliphatic rings. The molecule has 1 saturated carbocycles. The zero-order chi connectivity index (χ0) is 9.31. The van der Waals surface area contributed by atoms with Gasteiger partial charge in [-0.25, -0.2) is 0 Å². The highest BCUT2D eigenvalue weighted by molar-refractivity contribution is 6.30.